The third-order valence-electron chi connectivity index (χ3n) is 1.64. The van der Waals surface area contributed by atoms with E-state index in [1.54, 1.807) is 0 Å². The molecule has 0 aliphatic carbocycles. The van der Waals surface area contributed by atoms with Crippen LogP contribution in [0.5, 0.6) is 0 Å². The van der Waals surface area contributed by atoms with Crippen molar-refractivity contribution >= 4 is 0 Å². The van der Waals surface area contributed by atoms with Gasteiger partial charge in [-0.2, -0.15) is 8.78 Å². The van der Waals surface area contributed by atoms with Gasteiger partial charge in [0.05, 0.1) is 0 Å². The Bertz CT molecular complexity index is 292. The van der Waals surface area contributed by atoms with E-state index in [1.807, 2.05) is 13.8 Å². The predicted molar refractivity (Wildman–Crippen MR) is 45.7 cm³/mol. The Labute approximate surface area is 76.0 Å². The van der Waals surface area contributed by atoms with Gasteiger partial charge in [0.15, 0.2) is 0 Å². The van der Waals surface area contributed by atoms with E-state index in [0.29, 0.717) is 5.82 Å². The number of alkyl halides is 2. The third kappa shape index (κ3) is 2.44. The lowest BCUT2D eigenvalue weighted by Gasteiger charge is -2.11. The van der Waals surface area contributed by atoms with Crippen molar-refractivity contribution in [2.24, 2.45) is 0 Å². The van der Waals surface area contributed by atoms with Crippen molar-refractivity contribution in [2.45, 2.75) is 32.6 Å². The number of hydrogen-bond acceptors (Lipinski definition) is 2. The number of halogens is 2. The van der Waals surface area contributed by atoms with Crippen LogP contribution in [0.1, 0.15) is 38.2 Å². The molecule has 2 nitrogen and oxygen atoms in total. The van der Waals surface area contributed by atoms with Crippen molar-refractivity contribution in [2.75, 3.05) is 0 Å². The lowest BCUT2D eigenvalue weighted by Crippen LogP contribution is -2.12. The number of aromatic nitrogens is 2. The molecule has 0 atom stereocenters. The second kappa shape index (κ2) is 3.36. The molecule has 72 valence electrons. The standard InChI is InChI=1S/C9H12F2N2/c1-6(2)8-12-5-4-7(13-8)9(3,10)11/h4-6H,1-3H3. The van der Waals surface area contributed by atoms with E-state index >= 15 is 0 Å². The maximum atomic E-state index is 12.8. The number of rotatable bonds is 2. The van der Waals surface area contributed by atoms with Gasteiger partial charge in [-0.05, 0) is 6.07 Å². The van der Waals surface area contributed by atoms with Crippen LogP contribution < -0.4 is 0 Å². The third-order valence-corrected chi connectivity index (χ3v) is 1.64. The van der Waals surface area contributed by atoms with Crippen molar-refractivity contribution < 1.29 is 8.78 Å². The fourth-order valence-corrected chi connectivity index (χ4v) is 0.896. The molecular weight excluding hydrogens is 174 g/mol. The predicted octanol–water partition coefficient (Wildman–Crippen LogP) is 2.71. The van der Waals surface area contributed by atoms with Crippen molar-refractivity contribution in [3.63, 3.8) is 0 Å². The summed E-state index contributed by atoms with van der Waals surface area (Å²) in [5.41, 5.74) is -0.216. The Hall–Kier alpha value is -1.06. The Morgan fingerprint density at radius 1 is 1.38 bits per heavy atom. The minimum absolute atomic E-state index is 0.0716. The molecule has 0 unspecified atom stereocenters. The normalized spacial score (nSPS) is 12.2. The van der Waals surface area contributed by atoms with E-state index in [9.17, 15) is 8.78 Å². The first-order chi connectivity index (χ1) is 5.91. The monoisotopic (exact) mass is 186 g/mol. The summed E-state index contributed by atoms with van der Waals surface area (Å²) in [5, 5.41) is 0. The van der Waals surface area contributed by atoms with E-state index < -0.39 is 5.92 Å². The van der Waals surface area contributed by atoms with Gasteiger partial charge in [0, 0.05) is 19.0 Å². The maximum Gasteiger partial charge on any atom is 0.287 e. The lowest BCUT2D eigenvalue weighted by atomic mass is 10.2. The van der Waals surface area contributed by atoms with Gasteiger partial charge in [0.1, 0.15) is 11.5 Å². The molecule has 0 N–H and O–H groups in total. The fourth-order valence-electron chi connectivity index (χ4n) is 0.896. The van der Waals surface area contributed by atoms with Crippen molar-refractivity contribution in [1.82, 2.24) is 9.97 Å². The molecule has 0 aromatic carbocycles. The van der Waals surface area contributed by atoms with Crippen LogP contribution in [-0.4, -0.2) is 9.97 Å². The summed E-state index contributed by atoms with van der Waals surface area (Å²) in [7, 11) is 0. The van der Waals surface area contributed by atoms with Gasteiger partial charge in [-0.25, -0.2) is 9.97 Å². The van der Waals surface area contributed by atoms with Crippen molar-refractivity contribution in [3.8, 4) is 0 Å². The zero-order valence-corrected chi connectivity index (χ0v) is 7.88. The minimum atomic E-state index is -2.88. The Morgan fingerprint density at radius 3 is 2.46 bits per heavy atom. The SMILES string of the molecule is CC(C)c1nccc(C(C)(F)F)n1. The summed E-state index contributed by atoms with van der Waals surface area (Å²) >= 11 is 0. The molecule has 0 amide bonds. The van der Waals surface area contributed by atoms with Crippen LogP contribution in [0.4, 0.5) is 8.78 Å². The van der Waals surface area contributed by atoms with Crippen LogP contribution in [-0.2, 0) is 5.92 Å². The van der Waals surface area contributed by atoms with Crippen LogP contribution in [0.25, 0.3) is 0 Å². The van der Waals surface area contributed by atoms with Crippen molar-refractivity contribution in [1.29, 1.82) is 0 Å². The highest BCUT2D eigenvalue weighted by molar-refractivity contribution is 5.09. The summed E-state index contributed by atoms with van der Waals surface area (Å²) in [6.07, 6.45) is 1.37. The van der Waals surface area contributed by atoms with E-state index in [0.717, 1.165) is 6.92 Å². The molecule has 1 rings (SSSR count). The quantitative estimate of drug-likeness (QED) is 0.709. The second-order valence-corrected chi connectivity index (χ2v) is 3.34. The van der Waals surface area contributed by atoms with Gasteiger partial charge in [0.25, 0.3) is 5.92 Å². The van der Waals surface area contributed by atoms with Gasteiger partial charge >= 0.3 is 0 Å². The van der Waals surface area contributed by atoms with E-state index in [2.05, 4.69) is 9.97 Å². The Balaban J connectivity index is 3.06. The topological polar surface area (TPSA) is 25.8 Å². The van der Waals surface area contributed by atoms with Gasteiger partial charge in [0.2, 0.25) is 0 Å². The molecular formula is C9H12F2N2. The molecule has 0 saturated heterocycles. The molecule has 0 aliphatic rings. The zero-order chi connectivity index (χ0) is 10.1. The Morgan fingerprint density at radius 2 is 2.00 bits per heavy atom. The summed E-state index contributed by atoms with van der Waals surface area (Å²) in [4.78, 5) is 7.69. The molecule has 13 heavy (non-hydrogen) atoms. The summed E-state index contributed by atoms with van der Waals surface area (Å²) in [6, 6.07) is 1.24. The van der Waals surface area contributed by atoms with Crippen molar-refractivity contribution in [3.05, 3.63) is 23.8 Å². The average Bonchev–Trinajstić information content (AvgIpc) is 2.03. The molecule has 1 aromatic rings. The van der Waals surface area contributed by atoms with Gasteiger partial charge in [-0.15, -0.1) is 0 Å². The van der Waals surface area contributed by atoms with Gasteiger partial charge in [-0.3, -0.25) is 0 Å². The van der Waals surface area contributed by atoms with E-state index in [1.165, 1.54) is 12.3 Å². The van der Waals surface area contributed by atoms with E-state index in [-0.39, 0.29) is 11.6 Å². The highest BCUT2D eigenvalue weighted by atomic mass is 19.3. The molecule has 4 heteroatoms. The van der Waals surface area contributed by atoms with E-state index in [4.69, 9.17) is 0 Å². The number of hydrogen-bond donors (Lipinski definition) is 0. The fraction of sp³-hybridized carbons (Fsp3) is 0.556. The molecule has 0 spiro atoms. The van der Waals surface area contributed by atoms with Crippen LogP contribution in [0.2, 0.25) is 0 Å². The molecule has 1 aromatic heterocycles. The summed E-state index contributed by atoms with van der Waals surface area (Å²) < 4.78 is 25.6. The molecule has 0 aliphatic heterocycles. The first-order valence-corrected chi connectivity index (χ1v) is 4.12. The zero-order valence-electron chi connectivity index (χ0n) is 7.88. The average molecular weight is 186 g/mol. The molecule has 1 heterocycles. The second-order valence-electron chi connectivity index (χ2n) is 3.34. The van der Waals surface area contributed by atoms with Gasteiger partial charge in [-0.1, -0.05) is 13.8 Å². The smallest absolute Gasteiger partial charge is 0.241 e. The van der Waals surface area contributed by atoms with Crippen LogP contribution in [0.3, 0.4) is 0 Å². The highest BCUT2D eigenvalue weighted by Gasteiger charge is 2.26. The number of nitrogens with zero attached hydrogens (tertiary/aromatic N) is 2. The first kappa shape index (κ1) is 10.0. The molecule has 0 radical (unpaired) electrons. The highest BCUT2D eigenvalue weighted by Crippen LogP contribution is 2.25. The lowest BCUT2D eigenvalue weighted by molar-refractivity contribution is 0.0123. The summed E-state index contributed by atoms with van der Waals surface area (Å²) in [5.74, 6) is -2.35. The van der Waals surface area contributed by atoms with Gasteiger partial charge < -0.3 is 0 Å². The van der Waals surface area contributed by atoms with Crippen LogP contribution in [0, 0.1) is 0 Å². The summed E-state index contributed by atoms with van der Waals surface area (Å²) in [6.45, 7) is 4.57. The molecule has 0 bridgehead atoms. The Kier molecular flexibility index (Phi) is 2.59. The maximum absolute atomic E-state index is 12.8. The first-order valence-electron chi connectivity index (χ1n) is 4.12. The molecule has 0 fully saturated rings. The van der Waals surface area contributed by atoms with Crippen LogP contribution in [0.15, 0.2) is 12.3 Å². The molecule has 0 saturated carbocycles. The van der Waals surface area contributed by atoms with Crippen LogP contribution >= 0.6 is 0 Å². The largest absolute Gasteiger partial charge is 0.287 e. The minimum Gasteiger partial charge on any atom is -0.241 e.